The lowest BCUT2D eigenvalue weighted by Crippen LogP contribution is -2.84. The van der Waals surface area contributed by atoms with Gasteiger partial charge in [-0.25, -0.2) is 0 Å². The van der Waals surface area contributed by atoms with Crippen LogP contribution in [0.3, 0.4) is 0 Å². The Bertz CT molecular complexity index is 293. The highest BCUT2D eigenvalue weighted by atomic mass is 79.9. The Morgan fingerprint density at radius 1 is 1.33 bits per heavy atom. The van der Waals surface area contributed by atoms with Gasteiger partial charge in [-0.05, 0) is 25.0 Å². The maximum absolute atomic E-state index is 5.57. The van der Waals surface area contributed by atoms with Gasteiger partial charge in [-0.3, -0.25) is 0 Å². The fourth-order valence-electron chi connectivity index (χ4n) is 1.89. The van der Waals surface area contributed by atoms with Gasteiger partial charge in [-0.2, -0.15) is 0 Å². The molecule has 1 atom stereocenters. The van der Waals surface area contributed by atoms with E-state index in [4.69, 9.17) is 4.74 Å². The Morgan fingerprint density at radius 3 is 2.80 bits per heavy atom. The Labute approximate surface area is 99.1 Å². The lowest BCUT2D eigenvalue weighted by Gasteiger charge is -2.07. The second kappa shape index (κ2) is 5.64. The van der Waals surface area contributed by atoms with Gasteiger partial charge in [0.15, 0.2) is 0 Å². The van der Waals surface area contributed by atoms with E-state index < -0.39 is 0 Å². The summed E-state index contributed by atoms with van der Waals surface area (Å²) in [5.74, 6) is 0. The molecule has 0 unspecified atom stereocenters. The molecule has 0 aliphatic carbocycles. The number of rotatable bonds is 4. The number of nitrogens with two attached hydrogens (primary N) is 1. The number of benzene rings is 1. The quantitative estimate of drug-likeness (QED) is 0.886. The van der Waals surface area contributed by atoms with Crippen molar-refractivity contribution < 1.29 is 10.1 Å². The minimum atomic E-state index is 0.487. The van der Waals surface area contributed by atoms with E-state index in [-0.39, 0.29) is 0 Å². The molecule has 0 spiro atoms. The van der Waals surface area contributed by atoms with Crippen molar-refractivity contribution in [3.8, 4) is 0 Å². The van der Waals surface area contributed by atoms with Crippen LogP contribution in [0.1, 0.15) is 18.4 Å². The third-order valence-electron chi connectivity index (χ3n) is 2.75. The van der Waals surface area contributed by atoms with Crippen LogP contribution in [-0.2, 0) is 11.3 Å². The molecule has 0 radical (unpaired) electrons. The number of ether oxygens (including phenoxy) is 1. The average Bonchev–Trinajstić information content (AvgIpc) is 2.74. The Hall–Kier alpha value is -0.380. The minimum absolute atomic E-state index is 0.487. The largest absolute Gasteiger partial charge is 0.372 e. The monoisotopic (exact) mass is 270 g/mol. The van der Waals surface area contributed by atoms with Gasteiger partial charge in [-0.15, -0.1) is 0 Å². The van der Waals surface area contributed by atoms with E-state index in [1.807, 2.05) is 0 Å². The molecular weight excluding hydrogens is 254 g/mol. The molecule has 1 fully saturated rings. The van der Waals surface area contributed by atoms with Crippen LogP contribution in [0.2, 0.25) is 0 Å². The van der Waals surface area contributed by atoms with Crippen molar-refractivity contribution in [3.05, 3.63) is 34.3 Å². The average molecular weight is 271 g/mol. The molecule has 15 heavy (non-hydrogen) atoms. The van der Waals surface area contributed by atoms with Gasteiger partial charge in [0, 0.05) is 16.6 Å². The lowest BCUT2D eigenvalue weighted by atomic mass is 10.2. The van der Waals surface area contributed by atoms with E-state index in [9.17, 15) is 0 Å². The maximum Gasteiger partial charge on any atom is 0.106 e. The van der Waals surface area contributed by atoms with Gasteiger partial charge >= 0.3 is 0 Å². The predicted molar refractivity (Wildman–Crippen MR) is 63.6 cm³/mol. The Kier molecular flexibility index (Phi) is 4.18. The van der Waals surface area contributed by atoms with Crippen LogP contribution < -0.4 is 5.32 Å². The Morgan fingerprint density at radius 2 is 2.13 bits per heavy atom. The topological polar surface area (TPSA) is 25.8 Å². The molecule has 0 saturated carbocycles. The van der Waals surface area contributed by atoms with Crippen molar-refractivity contribution in [2.24, 2.45) is 0 Å². The molecule has 1 aliphatic rings. The van der Waals surface area contributed by atoms with E-state index >= 15 is 0 Å². The fourth-order valence-corrected chi connectivity index (χ4v) is 2.15. The molecule has 0 amide bonds. The zero-order valence-corrected chi connectivity index (χ0v) is 10.4. The third kappa shape index (κ3) is 3.59. The molecule has 1 saturated heterocycles. The Balaban J connectivity index is 1.71. The molecule has 1 aliphatic heterocycles. The number of hydrogen-bond donors (Lipinski definition) is 1. The summed E-state index contributed by atoms with van der Waals surface area (Å²) in [6.07, 6.45) is 2.95. The summed E-state index contributed by atoms with van der Waals surface area (Å²) in [7, 11) is 0. The maximum atomic E-state index is 5.57. The molecule has 2 nitrogen and oxygen atoms in total. The first-order chi connectivity index (χ1) is 7.34. The van der Waals surface area contributed by atoms with Gasteiger partial charge in [0.1, 0.15) is 19.2 Å². The summed E-state index contributed by atoms with van der Waals surface area (Å²) >= 11 is 3.44. The van der Waals surface area contributed by atoms with Gasteiger partial charge in [0.05, 0.1) is 0 Å². The molecule has 1 aromatic rings. The second-order valence-corrected chi connectivity index (χ2v) is 4.91. The van der Waals surface area contributed by atoms with Gasteiger partial charge in [0.2, 0.25) is 0 Å². The highest BCUT2D eigenvalue weighted by Gasteiger charge is 2.16. The van der Waals surface area contributed by atoms with Crippen molar-refractivity contribution in [1.82, 2.24) is 0 Å². The molecule has 3 heteroatoms. The first-order valence-electron chi connectivity index (χ1n) is 5.52. The van der Waals surface area contributed by atoms with E-state index in [1.165, 1.54) is 18.4 Å². The summed E-state index contributed by atoms with van der Waals surface area (Å²) < 4.78 is 6.72. The lowest BCUT2D eigenvalue weighted by molar-refractivity contribution is -0.676. The van der Waals surface area contributed by atoms with Crippen LogP contribution in [0.25, 0.3) is 0 Å². The first-order valence-corrected chi connectivity index (χ1v) is 6.31. The van der Waals surface area contributed by atoms with Crippen molar-refractivity contribution in [1.29, 1.82) is 0 Å². The van der Waals surface area contributed by atoms with Crippen LogP contribution in [0, 0.1) is 0 Å². The van der Waals surface area contributed by atoms with Crippen molar-refractivity contribution >= 4 is 15.9 Å². The third-order valence-corrected chi connectivity index (χ3v) is 3.28. The predicted octanol–water partition coefficient (Wildman–Crippen LogP) is 1.69. The summed E-state index contributed by atoms with van der Waals surface area (Å²) in [6.45, 7) is 3.10. The van der Waals surface area contributed by atoms with E-state index in [0.717, 1.165) is 24.2 Å². The summed E-state index contributed by atoms with van der Waals surface area (Å²) in [4.78, 5) is 0. The molecule has 82 valence electrons. The molecule has 1 heterocycles. The highest BCUT2D eigenvalue weighted by Crippen LogP contribution is 2.10. The van der Waals surface area contributed by atoms with Crippen molar-refractivity contribution in [2.45, 2.75) is 25.5 Å². The molecule has 2 rings (SSSR count). The zero-order chi connectivity index (χ0) is 10.5. The van der Waals surface area contributed by atoms with Crippen LogP contribution in [-0.4, -0.2) is 19.3 Å². The second-order valence-electron chi connectivity index (χ2n) is 3.99. The van der Waals surface area contributed by atoms with E-state index in [1.54, 1.807) is 0 Å². The van der Waals surface area contributed by atoms with Gasteiger partial charge in [-0.1, -0.05) is 28.1 Å². The summed E-state index contributed by atoms with van der Waals surface area (Å²) in [5.41, 5.74) is 1.37. The zero-order valence-electron chi connectivity index (χ0n) is 8.79. The van der Waals surface area contributed by atoms with Crippen LogP contribution in [0.15, 0.2) is 28.7 Å². The minimum Gasteiger partial charge on any atom is -0.372 e. The standard InChI is InChI=1S/C12H16BrNO/c13-11-5-3-10(4-6-11)8-14-9-12-2-1-7-15-12/h3-6,12,14H,1-2,7-9H2/p+1/t12-/m0/s1. The summed E-state index contributed by atoms with van der Waals surface area (Å²) in [6, 6.07) is 8.51. The fraction of sp³-hybridized carbons (Fsp3) is 0.500. The highest BCUT2D eigenvalue weighted by molar-refractivity contribution is 9.10. The van der Waals surface area contributed by atoms with Crippen molar-refractivity contribution in [2.75, 3.05) is 13.2 Å². The van der Waals surface area contributed by atoms with Gasteiger partial charge < -0.3 is 10.1 Å². The first kappa shape index (κ1) is 11.1. The SMILES string of the molecule is Brc1ccc(C[NH2+]C[C@@H]2CCCO2)cc1. The summed E-state index contributed by atoms with van der Waals surface area (Å²) in [5, 5.41) is 2.33. The molecule has 0 aromatic heterocycles. The molecule has 0 bridgehead atoms. The molecule has 1 aromatic carbocycles. The van der Waals surface area contributed by atoms with Crippen LogP contribution >= 0.6 is 15.9 Å². The van der Waals surface area contributed by atoms with Crippen molar-refractivity contribution in [3.63, 3.8) is 0 Å². The van der Waals surface area contributed by atoms with Crippen LogP contribution in [0.4, 0.5) is 0 Å². The normalized spacial score (nSPS) is 20.7. The van der Waals surface area contributed by atoms with E-state index in [2.05, 4.69) is 45.5 Å². The smallest absolute Gasteiger partial charge is 0.106 e. The molecular formula is C12H17BrNO+. The number of quaternary nitrogens is 1. The number of halogens is 1. The van der Waals surface area contributed by atoms with E-state index in [0.29, 0.717) is 6.10 Å². The van der Waals surface area contributed by atoms with Gasteiger partial charge in [0.25, 0.3) is 0 Å². The molecule has 2 N–H and O–H groups in total. The van der Waals surface area contributed by atoms with Crippen LogP contribution in [0.5, 0.6) is 0 Å². The number of hydrogen-bond acceptors (Lipinski definition) is 1.